The van der Waals surface area contributed by atoms with E-state index in [1.807, 2.05) is 48.2 Å². The molecule has 2 aromatic carbocycles. The predicted octanol–water partition coefficient (Wildman–Crippen LogP) is 3.53. The summed E-state index contributed by atoms with van der Waals surface area (Å²) in [6, 6.07) is 12.3. The Balaban J connectivity index is 0.00000261. The Labute approximate surface area is 172 Å². The lowest BCUT2D eigenvalue weighted by Gasteiger charge is -2.09. The van der Waals surface area contributed by atoms with Gasteiger partial charge in [0.2, 0.25) is 10.0 Å². The quantitative estimate of drug-likeness (QED) is 0.633. The van der Waals surface area contributed by atoms with Crippen molar-refractivity contribution in [1.82, 2.24) is 4.57 Å². The molecule has 0 aliphatic heterocycles. The molecule has 144 valence electrons. The summed E-state index contributed by atoms with van der Waals surface area (Å²) in [6.45, 7) is 1.93. The first kappa shape index (κ1) is 21.4. The molecule has 0 atom stereocenters. The molecule has 1 heterocycles. The average Bonchev–Trinajstić information content (AvgIpc) is 2.95. The molecule has 3 aromatic rings. The van der Waals surface area contributed by atoms with E-state index in [2.05, 4.69) is 4.99 Å². The smallest absolute Gasteiger partial charge is 0.238 e. The van der Waals surface area contributed by atoms with Gasteiger partial charge in [0, 0.05) is 18.0 Å². The van der Waals surface area contributed by atoms with Gasteiger partial charge in [-0.2, -0.15) is 0 Å². The van der Waals surface area contributed by atoms with E-state index in [-0.39, 0.29) is 21.9 Å². The Kier molecular flexibility index (Phi) is 6.63. The molecule has 0 spiro atoms. The monoisotopic (exact) mass is 469 g/mol. The van der Waals surface area contributed by atoms with E-state index >= 15 is 0 Å². The fourth-order valence-corrected chi connectivity index (χ4v) is 3.99. The van der Waals surface area contributed by atoms with Crippen LogP contribution < -0.4 is 14.7 Å². The molecule has 27 heavy (non-hydrogen) atoms. The van der Waals surface area contributed by atoms with E-state index in [9.17, 15) is 8.42 Å². The van der Waals surface area contributed by atoms with E-state index in [1.54, 1.807) is 19.2 Å². The molecular weight excluding hydrogens is 450 g/mol. The minimum absolute atomic E-state index is 0. The summed E-state index contributed by atoms with van der Waals surface area (Å²) in [7, 11) is -0.232. The van der Waals surface area contributed by atoms with E-state index in [4.69, 9.17) is 9.88 Å². The largest absolute Gasteiger partial charge is 0.497 e. The minimum Gasteiger partial charge on any atom is -0.497 e. The summed E-state index contributed by atoms with van der Waals surface area (Å²) in [4.78, 5) is 5.54. The third-order valence-corrected chi connectivity index (χ3v) is 5.86. The van der Waals surface area contributed by atoms with Crippen molar-refractivity contribution in [2.45, 2.75) is 11.8 Å². The normalized spacial score (nSPS) is 11.9. The first-order valence-electron chi connectivity index (χ1n) is 7.77. The highest BCUT2D eigenvalue weighted by molar-refractivity contribution is 8.93. The topological polar surface area (TPSA) is 86.7 Å². The van der Waals surface area contributed by atoms with Crippen molar-refractivity contribution >= 4 is 44.0 Å². The lowest BCUT2D eigenvalue weighted by Crippen LogP contribution is -2.13. The second kappa shape index (κ2) is 8.39. The third kappa shape index (κ3) is 4.67. The second-order valence-corrected chi connectivity index (χ2v) is 8.19. The standard InChI is InChI=1S/C18H19N3O3S2.BrH/c1-12-4-9-15(26(19,22)23)10-16(12)17-11-25-18(21(17)2)20-13-5-7-14(24-3)8-6-13;/h4-11H,1-3H3,(H2,19,22,23);1H/b20-18+;. The fourth-order valence-electron chi connectivity index (χ4n) is 2.54. The molecule has 0 unspecified atom stereocenters. The van der Waals surface area contributed by atoms with Gasteiger partial charge >= 0.3 is 0 Å². The fraction of sp³-hybridized carbons (Fsp3) is 0.167. The number of benzene rings is 2. The molecule has 0 radical (unpaired) electrons. The minimum atomic E-state index is -3.75. The summed E-state index contributed by atoms with van der Waals surface area (Å²) >= 11 is 1.48. The SMILES string of the molecule is Br.COc1ccc(/N=c2/scc(-c3cc(S(N)(=O)=O)ccc3C)n2C)cc1. The Hall–Kier alpha value is -1.94. The van der Waals surface area contributed by atoms with Crippen LogP contribution in [0.15, 0.2) is 57.7 Å². The summed E-state index contributed by atoms with van der Waals surface area (Å²) in [5.74, 6) is 0.774. The van der Waals surface area contributed by atoms with Crippen LogP contribution in [0, 0.1) is 6.92 Å². The third-order valence-electron chi connectivity index (χ3n) is 4.03. The van der Waals surface area contributed by atoms with Gasteiger partial charge in [0.05, 0.1) is 23.4 Å². The van der Waals surface area contributed by atoms with Gasteiger partial charge in [-0.15, -0.1) is 28.3 Å². The molecule has 0 aliphatic carbocycles. The van der Waals surface area contributed by atoms with Crippen molar-refractivity contribution in [1.29, 1.82) is 0 Å². The Bertz CT molecular complexity index is 1120. The Morgan fingerprint density at radius 3 is 2.41 bits per heavy atom. The number of halogens is 1. The number of nitrogens with zero attached hydrogens (tertiary/aromatic N) is 2. The van der Waals surface area contributed by atoms with Crippen molar-refractivity contribution in [2.75, 3.05) is 7.11 Å². The van der Waals surface area contributed by atoms with Crippen LogP contribution in [-0.4, -0.2) is 20.1 Å². The van der Waals surface area contributed by atoms with Crippen LogP contribution >= 0.6 is 28.3 Å². The molecule has 0 bridgehead atoms. The van der Waals surface area contributed by atoms with Crippen LogP contribution in [0.2, 0.25) is 0 Å². The van der Waals surface area contributed by atoms with Gasteiger partial charge in [-0.1, -0.05) is 6.07 Å². The van der Waals surface area contributed by atoms with Crippen molar-refractivity contribution < 1.29 is 13.2 Å². The van der Waals surface area contributed by atoms with Gasteiger partial charge < -0.3 is 9.30 Å². The second-order valence-electron chi connectivity index (χ2n) is 5.79. The number of aryl methyl sites for hydroxylation is 1. The zero-order valence-electron chi connectivity index (χ0n) is 15.0. The van der Waals surface area contributed by atoms with Crippen LogP contribution in [0.3, 0.4) is 0 Å². The first-order chi connectivity index (χ1) is 12.3. The molecule has 0 saturated heterocycles. The molecule has 3 rings (SSSR count). The molecule has 9 heteroatoms. The molecule has 0 fully saturated rings. The van der Waals surface area contributed by atoms with Crippen molar-refractivity contribution in [3.8, 4) is 17.0 Å². The van der Waals surface area contributed by atoms with Crippen molar-refractivity contribution in [3.05, 3.63) is 58.2 Å². The van der Waals surface area contributed by atoms with Gasteiger partial charge in [0.15, 0.2) is 4.80 Å². The maximum atomic E-state index is 11.7. The molecule has 2 N–H and O–H groups in total. The first-order valence-corrected chi connectivity index (χ1v) is 10.2. The molecular formula is C18H20BrN3O3S2. The van der Waals surface area contributed by atoms with Crippen molar-refractivity contribution in [3.63, 3.8) is 0 Å². The number of ether oxygens (including phenoxy) is 1. The van der Waals surface area contributed by atoms with Crippen LogP contribution in [0.4, 0.5) is 5.69 Å². The Morgan fingerprint density at radius 1 is 1.15 bits per heavy atom. The van der Waals surface area contributed by atoms with E-state index in [0.29, 0.717) is 0 Å². The average molecular weight is 470 g/mol. The lowest BCUT2D eigenvalue weighted by molar-refractivity contribution is 0.415. The molecule has 0 amide bonds. The number of aromatic nitrogens is 1. The number of methoxy groups -OCH3 is 1. The van der Waals surface area contributed by atoms with Crippen LogP contribution in [-0.2, 0) is 17.1 Å². The van der Waals surface area contributed by atoms with Crippen LogP contribution in [0.5, 0.6) is 5.75 Å². The zero-order valence-corrected chi connectivity index (χ0v) is 18.4. The van der Waals surface area contributed by atoms with Gasteiger partial charge in [0.1, 0.15) is 5.75 Å². The van der Waals surface area contributed by atoms with Gasteiger partial charge in [0.25, 0.3) is 0 Å². The maximum Gasteiger partial charge on any atom is 0.238 e. The van der Waals surface area contributed by atoms with Crippen LogP contribution in [0.1, 0.15) is 5.56 Å². The summed E-state index contributed by atoms with van der Waals surface area (Å²) in [6.07, 6.45) is 0. The summed E-state index contributed by atoms with van der Waals surface area (Å²) in [5.41, 5.74) is 3.46. The maximum absolute atomic E-state index is 11.7. The highest BCUT2D eigenvalue weighted by Gasteiger charge is 2.13. The molecule has 0 aliphatic rings. The van der Waals surface area contributed by atoms with E-state index in [0.717, 1.165) is 33.1 Å². The lowest BCUT2D eigenvalue weighted by atomic mass is 10.1. The zero-order chi connectivity index (χ0) is 18.9. The number of sulfonamides is 1. The van der Waals surface area contributed by atoms with Crippen molar-refractivity contribution in [2.24, 2.45) is 17.2 Å². The van der Waals surface area contributed by atoms with Gasteiger partial charge in [-0.3, -0.25) is 0 Å². The summed E-state index contributed by atoms with van der Waals surface area (Å²) < 4.78 is 30.4. The number of thiazole rings is 1. The van der Waals surface area contributed by atoms with E-state index < -0.39 is 10.0 Å². The number of hydrogen-bond donors (Lipinski definition) is 1. The molecule has 1 aromatic heterocycles. The van der Waals surface area contributed by atoms with Crippen LogP contribution in [0.25, 0.3) is 11.3 Å². The number of nitrogens with two attached hydrogens (primary N) is 1. The Morgan fingerprint density at radius 2 is 1.81 bits per heavy atom. The van der Waals surface area contributed by atoms with Gasteiger partial charge in [-0.05, 0) is 48.9 Å². The summed E-state index contributed by atoms with van der Waals surface area (Å²) in [5, 5.41) is 7.22. The predicted molar refractivity (Wildman–Crippen MR) is 113 cm³/mol. The molecule has 0 saturated carbocycles. The van der Waals surface area contributed by atoms with Gasteiger partial charge in [-0.25, -0.2) is 18.5 Å². The number of primary sulfonamides is 1. The number of hydrogen-bond acceptors (Lipinski definition) is 5. The molecule has 6 nitrogen and oxygen atoms in total. The highest BCUT2D eigenvalue weighted by atomic mass is 79.9. The highest BCUT2D eigenvalue weighted by Crippen LogP contribution is 2.26. The van der Waals surface area contributed by atoms with E-state index in [1.165, 1.54) is 17.4 Å². The number of rotatable bonds is 4.